The minimum absolute atomic E-state index is 0.458. The summed E-state index contributed by atoms with van der Waals surface area (Å²) in [5.74, 6) is 0. The molecule has 1 aliphatic rings. The summed E-state index contributed by atoms with van der Waals surface area (Å²) >= 11 is 1.25. The van der Waals surface area contributed by atoms with Crippen molar-refractivity contribution in [1.29, 1.82) is 0 Å². The van der Waals surface area contributed by atoms with Crippen molar-refractivity contribution >= 4 is 18.0 Å². The van der Waals surface area contributed by atoms with E-state index in [-0.39, 0.29) is 0 Å². The average Bonchev–Trinajstić information content (AvgIpc) is 2.25. The maximum Gasteiger partial charge on any atom is 0.251 e. The van der Waals surface area contributed by atoms with Gasteiger partial charge in [0, 0.05) is 4.91 Å². The molecule has 60 valence electrons. The van der Waals surface area contributed by atoms with Crippen LogP contribution in [0.25, 0.3) is 6.08 Å². The van der Waals surface area contributed by atoms with E-state index in [2.05, 4.69) is 0 Å². The fourth-order valence-corrected chi connectivity index (χ4v) is 1.87. The van der Waals surface area contributed by atoms with Gasteiger partial charge in [-0.05, 0) is 17.7 Å². The Balaban J connectivity index is 2.48. The van der Waals surface area contributed by atoms with Crippen LogP contribution in [0.4, 0.5) is 0 Å². The van der Waals surface area contributed by atoms with Gasteiger partial charge in [0.1, 0.15) is 0 Å². The van der Waals surface area contributed by atoms with Gasteiger partial charge >= 0.3 is 0 Å². The number of hydrogen-bond acceptors (Lipinski definition) is 2. The summed E-state index contributed by atoms with van der Waals surface area (Å²) in [6, 6.07) is 7.89. The number of fused-ring (bicyclic) bond motifs is 1. The first-order valence-electron chi connectivity index (χ1n) is 3.74. The third-order valence-electron chi connectivity index (χ3n) is 1.67. The van der Waals surface area contributed by atoms with Gasteiger partial charge in [0.2, 0.25) is 6.54 Å². The van der Waals surface area contributed by atoms with Gasteiger partial charge in [-0.15, -0.1) is 0 Å². The molecule has 2 nitrogen and oxygen atoms in total. The molecule has 0 fully saturated rings. The monoisotopic (exact) mass is 178 g/mol. The molecular weight excluding hydrogens is 170 g/mol. The Kier molecular flexibility index (Phi) is 1.96. The van der Waals surface area contributed by atoms with Crippen molar-refractivity contribution in [1.82, 2.24) is 0 Å². The molecule has 0 saturated heterocycles. The van der Waals surface area contributed by atoms with Gasteiger partial charge in [-0.1, -0.05) is 24.3 Å². The minimum Gasteiger partial charge on any atom is -0.0616 e. The van der Waals surface area contributed by atoms with Crippen LogP contribution >= 0.6 is 11.9 Å². The van der Waals surface area contributed by atoms with Crippen LogP contribution in [0.15, 0.2) is 35.2 Å². The van der Waals surface area contributed by atoms with E-state index in [1.165, 1.54) is 11.9 Å². The van der Waals surface area contributed by atoms with Crippen LogP contribution < -0.4 is 0 Å². The second-order valence-corrected chi connectivity index (χ2v) is 3.58. The molecule has 0 saturated carbocycles. The molecule has 0 radical (unpaired) electrons. The van der Waals surface area contributed by atoms with E-state index in [1.807, 2.05) is 36.4 Å². The van der Waals surface area contributed by atoms with E-state index in [0.29, 0.717) is 6.54 Å². The van der Waals surface area contributed by atoms with Crippen LogP contribution in [0.5, 0.6) is 0 Å². The molecule has 0 aromatic heterocycles. The van der Waals surface area contributed by atoms with Crippen LogP contribution in [-0.2, 0) is 0 Å². The molecule has 1 aromatic carbocycles. The standard InChI is InChI=1S/C9H8NOS/c11-10-7-3-5-8-4-1-2-6-9(8)12-10/h1-6H,7H2/q+1. The maximum absolute atomic E-state index is 11.1. The topological polar surface area (TPSA) is 20.1 Å². The van der Waals surface area contributed by atoms with Crippen molar-refractivity contribution in [2.24, 2.45) is 0 Å². The number of benzene rings is 1. The van der Waals surface area contributed by atoms with Gasteiger partial charge in [-0.2, -0.15) is 0 Å². The van der Waals surface area contributed by atoms with E-state index in [9.17, 15) is 4.91 Å². The highest BCUT2D eigenvalue weighted by Crippen LogP contribution is 2.26. The first-order valence-corrected chi connectivity index (χ1v) is 4.52. The van der Waals surface area contributed by atoms with Gasteiger partial charge in [0.25, 0.3) is 11.9 Å². The highest BCUT2D eigenvalue weighted by Gasteiger charge is 2.16. The van der Waals surface area contributed by atoms with Gasteiger partial charge in [-0.25, -0.2) is 0 Å². The Morgan fingerprint density at radius 2 is 2.17 bits per heavy atom. The van der Waals surface area contributed by atoms with Crippen molar-refractivity contribution in [3.63, 3.8) is 0 Å². The zero-order valence-corrected chi connectivity index (χ0v) is 7.25. The van der Waals surface area contributed by atoms with Gasteiger partial charge in [-0.3, -0.25) is 0 Å². The lowest BCUT2D eigenvalue weighted by atomic mass is 10.2. The highest BCUT2D eigenvalue weighted by molar-refractivity contribution is 7.93. The number of nitroso groups, excluding NO2 is 1. The second kappa shape index (κ2) is 3.11. The normalized spacial score (nSPS) is 15.5. The summed E-state index contributed by atoms with van der Waals surface area (Å²) in [5.41, 5.74) is 1.13. The molecule has 1 aliphatic heterocycles. The summed E-state index contributed by atoms with van der Waals surface area (Å²) in [6.45, 7) is 0.458. The molecule has 3 heteroatoms. The van der Waals surface area contributed by atoms with Crippen LogP contribution in [0, 0.1) is 4.91 Å². The lowest BCUT2D eigenvalue weighted by molar-refractivity contribution is -0.357. The summed E-state index contributed by atoms with van der Waals surface area (Å²) in [7, 11) is 0. The fourth-order valence-electron chi connectivity index (χ4n) is 1.11. The van der Waals surface area contributed by atoms with Crippen molar-refractivity contribution in [2.45, 2.75) is 4.90 Å². The zero-order valence-electron chi connectivity index (χ0n) is 6.43. The lowest BCUT2D eigenvalue weighted by Crippen LogP contribution is -1.94. The quantitative estimate of drug-likeness (QED) is 0.449. The minimum atomic E-state index is 0.458. The highest BCUT2D eigenvalue weighted by atomic mass is 32.2. The Labute approximate surface area is 75.0 Å². The molecular formula is C9H8NOS+. The van der Waals surface area contributed by atoms with Crippen LogP contribution in [0.2, 0.25) is 0 Å². The van der Waals surface area contributed by atoms with Gasteiger partial charge in [0.15, 0.2) is 0 Å². The summed E-state index contributed by atoms with van der Waals surface area (Å²) in [4.78, 5) is 12.1. The van der Waals surface area contributed by atoms with E-state index in [4.69, 9.17) is 0 Å². The number of rotatable bonds is 0. The number of nitrogens with zero attached hydrogens (tertiary/aromatic N) is 1. The number of hydrogen-bond donors (Lipinski definition) is 0. The Morgan fingerprint density at radius 3 is 3.08 bits per heavy atom. The average molecular weight is 178 g/mol. The molecule has 0 aliphatic carbocycles. The van der Waals surface area contributed by atoms with Gasteiger partial charge < -0.3 is 0 Å². The molecule has 0 N–H and O–H groups in total. The summed E-state index contributed by atoms with van der Waals surface area (Å²) in [5, 5.41) is 0. The summed E-state index contributed by atoms with van der Waals surface area (Å²) < 4.78 is 0.975. The van der Waals surface area contributed by atoms with Crippen molar-refractivity contribution < 1.29 is 4.17 Å². The predicted octanol–water partition coefficient (Wildman–Crippen LogP) is 2.50. The predicted molar refractivity (Wildman–Crippen MR) is 49.8 cm³/mol. The molecule has 0 spiro atoms. The summed E-state index contributed by atoms with van der Waals surface area (Å²) in [6.07, 6.45) is 3.87. The molecule has 1 heterocycles. The first kappa shape index (κ1) is 7.55. The smallest absolute Gasteiger partial charge is 0.0616 e. The SMILES string of the molecule is O=[N+]1CC=Cc2ccccc2S1. The fraction of sp³-hybridized carbons (Fsp3) is 0.111. The third kappa shape index (κ3) is 1.41. The maximum atomic E-state index is 11.1. The van der Waals surface area contributed by atoms with Crippen LogP contribution in [0.1, 0.15) is 5.56 Å². The molecule has 12 heavy (non-hydrogen) atoms. The van der Waals surface area contributed by atoms with Crippen molar-refractivity contribution in [3.05, 3.63) is 40.8 Å². The molecule has 0 unspecified atom stereocenters. The molecule has 0 atom stereocenters. The third-order valence-corrected chi connectivity index (χ3v) is 2.59. The molecule has 2 rings (SSSR count). The van der Waals surface area contributed by atoms with Crippen LogP contribution in [0.3, 0.4) is 0 Å². The van der Waals surface area contributed by atoms with E-state index in [1.54, 1.807) is 0 Å². The lowest BCUT2D eigenvalue weighted by Gasteiger charge is -1.93. The molecule has 0 amide bonds. The second-order valence-electron chi connectivity index (χ2n) is 2.55. The Hall–Kier alpha value is -1.09. The first-order chi connectivity index (χ1) is 5.86. The van der Waals surface area contributed by atoms with Gasteiger partial charge in [0.05, 0.1) is 9.06 Å². The molecule has 1 aromatic rings. The van der Waals surface area contributed by atoms with Crippen molar-refractivity contribution in [3.8, 4) is 0 Å². The van der Waals surface area contributed by atoms with E-state index in [0.717, 1.165) is 14.6 Å². The Bertz CT molecular complexity index is 346. The van der Waals surface area contributed by atoms with Crippen LogP contribution in [-0.4, -0.2) is 10.7 Å². The largest absolute Gasteiger partial charge is 0.251 e. The van der Waals surface area contributed by atoms with E-state index >= 15 is 0 Å². The van der Waals surface area contributed by atoms with Crippen molar-refractivity contribution in [2.75, 3.05) is 6.54 Å². The zero-order chi connectivity index (χ0) is 8.39. The Morgan fingerprint density at radius 1 is 1.33 bits per heavy atom. The molecule has 0 bridgehead atoms. The van der Waals surface area contributed by atoms with E-state index < -0.39 is 0 Å².